The molecule has 1 aliphatic rings. The first-order valence-corrected chi connectivity index (χ1v) is 10.6. The van der Waals surface area contributed by atoms with Crippen molar-refractivity contribution in [3.8, 4) is 16.9 Å². The number of methoxy groups -OCH3 is 1. The van der Waals surface area contributed by atoms with E-state index in [1.165, 1.54) is 24.9 Å². The van der Waals surface area contributed by atoms with Crippen molar-refractivity contribution in [3.63, 3.8) is 0 Å². The van der Waals surface area contributed by atoms with Crippen molar-refractivity contribution in [2.75, 3.05) is 13.4 Å². The topological polar surface area (TPSA) is 72.7 Å². The first-order chi connectivity index (χ1) is 14.5. The Kier molecular flexibility index (Phi) is 5.46. The zero-order valence-electron chi connectivity index (χ0n) is 16.6. The third-order valence-electron chi connectivity index (χ3n) is 5.26. The Bertz CT molecular complexity index is 1100. The highest BCUT2D eigenvalue weighted by molar-refractivity contribution is 7.98. The van der Waals surface area contributed by atoms with Crippen molar-refractivity contribution in [1.82, 2.24) is 4.90 Å². The predicted molar refractivity (Wildman–Crippen MR) is 117 cm³/mol. The molecule has 0 saturated heterocycles. The zero-order chi connectivity index (χ0) is 21.3. The molecule has 6 nitrogen and oxygen atoms in total. The largest absolute Gasteiger partial charge is 0.495 e. The van der Waals surface area contributed by atoms with Crippen LogP contribution in [0, 0.1) is 10.1 Å². The van der Waals surface area contributed by atoms with Gasteiger partial charge < -0.3 is 9.64 Å². The fourth-order valence-corrected chi connectivity index (χ4v) is 4.39. The van der Waals surface area contributed by atoms with Crippen LogP contribution in [0.5, 0.6) is 5.75 Å². The summed E-state index contributed by atoms with van der Waals surface area (Å²) >= 11 is 1.38. The molecule has 0 bridgehead atoms. The van der Waals surface area contributed by atoms with Crippen molar-refractivity contribution < 1.29 is 14.5 Å². The van der Waals surface area contributed by atoms with Crippen molar-refractivity contribution in [1.29, 1.82) is 0 Å². The number of benzene rings is 3. The lowest BCUT2D eigenvalue weighted by molar-refractivity contribution is -0.385. The Morgan fingerprint density at radius 3 is 2.10 bits per heavy atom. The van der Waals surface area contributed by atoms with Gasteiger partial charge in [-0.3, -0.25) is 14.9 Å². The molecular weight excluding hydrogens is 400 g/mol. The summed E-state index contributed by atoms with van der Waals surface area (Å²) in [5.74, 6) is 0.0171. The molecule has 3 aromatic rings. The van der Waals surface area contributed by atoms with Crippen LogP contribution < -0.4 is 4.74 Å². The van der Waals surface area contributed by atoms with Crippen LogP contribution in [-0.2, 0) is 13.1 Å². The third kappa shape index (κ3) is 3.52. The van der Waals surface area contributed by atoms with E-state index in [1.807, 2.05) is 54.8 Å². The molecule has 0 fully saturated rings. The fraction of sp³-hybridized carbons (Fsp3) is 0.174. The highest BCUT2D eigenvalue weighted by Gasteiger charge is 2.30. The summed E-state index contributed by atoms with van der Waals surface area (Å²) in [6, 6.07) is 18.8. The smallest absolute Gasteiger partial charge is 0.285 e. The van der Waals surface area contributed by atoms with E-state index in [2.05, 4.69) is 0 Å². The molecule has 30 heavy (non-hydrogen) atoms. The predicted octanol–water partition coefficient (Wildman–Crippen LogP) is 5.15. The summed E-state index contributed by atoms with van der Waals surface area (Å²) in [6.45, 7) is 0.753. The highest BCUT2D eigenvalue weighted by atomic mass is 32.2. The number of thioether (sulfide) groups is 1. The number of carbonyl (C=O) groups is 1. The number of carbonyl (C=O) groups excluding carboxylic acids is 1. The minimum Gasteiger partial charge on any atom is -0.495 e. The monoisotopic (exact) mass is 420 g/mol. The van der Waals surface area contributed by atoms with Crippen LogP contribution >= 0.6 is 11.8 Å². The van der Waals surface area contributed by atoms with E-state index in [9.17, 15) is 14.9 Å². The van der Waals surface area contributed by atoms with Crippen LogP contribution in [0.4, 0.5) is 5.69 Å². The molecule has 3 aromatic carbocycles. The Labute approximate surface area is 178 Å². The van der Waals surface area contributed by atoms with Crippen LogP contribution in [-0.4, -0.2) is 29.1 Å². The van der Waals surface area contributed by atoms with Crippen LogP contribution in [0.2, 0.25) is 0 Å². The van der Waals surface area contributed by atoms with Gasteiger partial charge in [-0.2, -0.15) is 0 Å². The number of nitro groups is 1. The number of nitro benzene ring substituents is 1. The average molecular weight is 420 g/mol. The second-order valence-electron chi connectivity index (χ2n) is 6.96. The Morgan fingerprint density at radius 1 is 1.03 bits per heavy atom. The lowest BCUT2D eigenvalue weighted by Gasteiger charge is -2.22. The number of amides is 1. The number of hydrogen-bond donors (Lipinski definition) is 0. The van der Waals surface area contributed by atoms with Gasteiger partial charge in [0.2, 0.25) is 0 Å². The Morgan fingerprint density at radius 2 is 1.60 bits per heavy atom. The molecule has 0 aliphatic carbocycles. The fourth-order valence-electron chi connectivity index (χ4n) is 3.81. The molecule has 0 radical (unpaired) electrons. The Balaban J connectivity index is 1.82. The maximum absolute atomic E-state index is 13.5. The van der Waals surface area contributed by atoms with Gasteiger partial charge in [0, 0.05) is 13.1 Å². The highest BCUT2D eigenvalue weighted by Crippen LogP contribution is 2.37. The molecule has 0 N–H and O–H groups in total. The normalized spacial score (nSPS) is 12.5. The van der Waals surface area contributed by atoms with Crippen LogP contribution in [0.3, 0.4) is 0 Å². The van der Waals surface area contributed by atoms with Gasteiger partial charge in [-0.25, -0.2) is 0 Å². The van der Waals surface area contributed by atoms with Crippen LogP contribution in [0.1, 0.15) is 21.5 Å². The molecular formula is C23H20N2O4S. The van der Waals surface area contributed by atoms with E-state index in [0.29, 0.717) is 23.7 Å². The first-order valence-electron chi connectivity index (χ1n) is 9.39. The summed E-state index contributed by atoms with van der Waals surface area (Å²) < 4.78 is 5.27. The van der Waals surface area contributed by atoms with Gasteiger partial charge in [0.25, 0.3) is 11.6 Å². The van der Waals surface area contributed by atoms with Gasteiger partial charge >= 0.3 is 0 Å². The molecule has 0 saturated carbocycles. The number of nitrogens with zero attached hydrogens (tertiary/aromatic N) is 2. The summed E-state index contributed by atoms with van der Waals surface area (Å²) in [5.41, 5.74) is 4.01. The molecule has 0 spiro atoms. The molecule has 0 unspecified atom stereocenters. The van der Waals surface area contributed by atoms with Crippen molar-refractivity contribution in [3.05, 3.63) is 87.5 Å². The van der Waals surface area contributed by atoms with E-state index < -0.39 is 4.92 Å². The van der Waals surface area contributed by atoms with Crippen LogP contribution in [0.25, 0.3) is 11.1 Å². The van der Waals surface area contributed by atoms with E-state index in [0.717, 1.165) is 22.3 Å². The maximum Gasteiger partial charge on any atom is 0.285 e. The molecule has 152 valence electrons. The third-order valence-corrected chi connectivity index (χ3v) is 6.02. The standard InChI is InChI=1S/C23H20N2O4S/c1-29-21-12-20(25(27)28)19(11-22(21)30-2)23(26)24-13-15-7-3-5-9-17(15)18-10-6-4-8-16(18)14-24/h3-12H,13-14H2,1-2H3. The molecule has 1 heterocycles. The van der Waals surface area contributed by atoms with E-state index in [4.69, 9.17) is 4.74 Å². The van der Waals surface area contributed by atoms with E-state index >= 15 is 0 Å². The van der Waals surface area contributed by atoms with Crippen LogP contribution in [0.15, 0.2) is 65.6 Å². The van der Waals surface area contributed by atoms with Crippen molar-refractivity contribution in [2.45, 2.75) is 18.0 Å². The summed E-state index contributed by atoms with van der Waals surface area (Å²) in [6.07, 6.45) is 1.84. The molecule has 1 amide bonds. The lowest BCUT2D eigenvalue weighted by Crippen LogP contribution is -2.30. The van der Waals surface area contributed by atoms with Crippen molar-refractivity contribution >= 4 is 23.4 Å². The molecule has 4 rings (SSSR count). The summed E-state index contributed by atoms with van der Waals surface area (Å²) in [7, 11) is 1.46. The lowest BCUT2D eigenvalue weighted by atomic mass is 9.97. The second-order valence-corrected chi connectivity index (χ2v) is 7.81. The Hall–Kier alpha value is -3.32. The van der Waals surface area contributed by atoms with Gasteiger partial charge in [0.15, 0.2) is 0 Å². The molecule has 1 aliphatic heterocycles. The summed E-state index contributed by atoms with van der Waals surface area (Å²) in [5, 5.41) is 11.7. The minimum absolute atomic E-state index is 0.0713. The van der Waals surface area contributed by atoms with Gasteiger partial charge in [0.05, 0.1) is 23.0 Å². The van der Waals surface area contributed by atoms with Gasteiger partial charge in [-0.15, -0.1) is 11.8 Å². The van der Waals surface area contributed by atoms with E-state index in [1.54, 1.807) is 11.0 Å². The number of rotatable bonds is 4. The number of fused-ring (bicyclic) bond motifs is 3. The average Bonchev–Trinajstić information content (AvgIpc) is 2.94. The van der Waals surface area contributed by atoms with Crippen molar-refractivity contribution in [2.24, 2.45) is 0 Å². The SMILES string of the molecule is COc1cc([N+](=O)[O-])c(C(=O)N2Cc3ccccc3-c3ccccc3C2)cc1SC. The molecule has 7 heteroatoms. The number of ether oxygens (including phenoxy) is 1. The molecule has 0 aromatic heterocycles. The minimum atomic E-state index is -0.528. The quantitative estimate of drug-likeness (QED) is 0.332. The summed E-state index contributed by atoms with van der Waals surface area (Å²) in [4.78, 5) is 27.1. The first kappa shape index (κ1) is 20.0. The maximum atomic E-state index is 13.5. The second kappa shape index (κ2) is 8.20. The van der Waals surface area contributed by atoms with Gasteiger partial charge in [0.1, 0.15) is 11.3 Å². The van der Waals surface area contributed by atoms with E-state index in [-0.39, 0.29) is 17.2 Å². The zero-order valence-corrected chi connectivity index (χ0v) is 17.4. The number of hydrogen-bond acceptors (Lipinski definition) is 5. The van der Waals surface area contributed by atoms with Gasteiger partial charge in [-0.05, 0) is 34.6 Å². The van der Waals surface area contributed by atoms with Gasteiger partial charge in [-0.1, -0.05) is 48.5 Å². The molecule has 0 atom stereocenters.